The largest absolute Gasteiger partial charge is 0.480 e. The quantitative estimate of drug-likeness (QED) is 0.782. The van der Waals surface area contributed by atoms with Crippen molar-refractivity contribution in [1.29, 1.82) is 0 Å². The number of aromatic nitrogens is 2. The Morgan fingerprint density at radius 3 is 3.00 bits per heavy atom. The Morgan fingerprint density at radius 1 is 1.85 bits per heavy atom. The van der Waals surface area contributed by atoms with E-state index >= 15 is 0 Å². The van der Waals surface area contributed by atoms with E-state index in [1.165, 1.54) is 0 Å². The molecule has 3 N–H and O–H groups in total. The van der Waals surface area contributed by atoms with E-state index in [0.717, 1.165) is 3.57 Å². The monoisotopic (exact) mass is 295 g/mol. The molecule has 0 saturated heterocycles. The van der Waals surface area contributed by atoms with Gasteiger partial charge in [-0.1, -0.05) is 0 Å². The van der Waals surface area contributed by atoms with E-state index in [-0.39, 0.29) is 0 Å². The molecule has 0 spiro atoms. The van der Waals surface area contributed by atoms with E-state index in [1.54, 1.807) is 10.9 Å². The summed E-state index contributed by atoms with van der Waals surface area (Å²) in [7, 11) is 0. The van der Waals surface area contributed by atoms with Gasteiger partial charge in [0.2, 0.25) is 0 Å². The molecule has 0 amide bonds. The second-order valence-corrected chi connectivity index (χ2v) is 3.90. The Hall–Kier alpha value is -0.630. The molecule has 1 atom stereocenters. The summed E-state index contributed by atoms with van der Waals surface area (Å²) < 4.78 is 2.71. The molecule has 0 bridgehead atoms. The van der Waals surface area contributed by atoms with Crippen molar-refractivity contribution in [2.45, 2.75) is 19.0 Å². The zero-order valence-electron chi connectivity index (χ0n) is 6.85. The van der Waals surface area contributed by atoms with Crippen LogP contribution in [0.15, 0.2) is 12.4 Å². The Bertz CT molecular complexity index is 300. The van der Waals surface area contributed by atoms with Crippen molar-refractivity contribution in [3.63, 3.8) is 0 Å². The zero-order chi connectivity index (χ0) is 9.84. The summed E-state index contributed by atoms with van der Waals surface area (Å²) in [5, 5.41) is 12.5. The number of carboxylic acid groups (broad SMARTS) is 1. The minimum atomic E-state index is -0.971. The van der Waals surface area contributed by atoms with Crippen molar-refractivity contribution in [1.82, 2.24) is 9.78 Å². The highest BCUT2D eigenvalue weighted by atomic mass is 127. The Kier molecular flexibility index (Phi) is 3.67. The maximum atomic E-state index is 10.4. The van der Waals surface area contributed by atoms with Crippen molar-refractivity contribution in [2.75, 3.05) is 0 Å². The van der Waals surface area contributed by atoms with Crippen molar-refractivity contribution in [2.24, 2.45) is 5.73 Å². The first-order valence-electron chi connectivity index (χ1n) is 3.76. The van der Waals surface area contributed by atoms with Gasteiger partial charge in [-0.25, -0.2) is 0 Å². The fraction of sp³-hybridized carbons (Fsp3) is 0.429. The number of nitrogens with two attached hydrogens (primary N) is 1. The van der Waals surface area contributed by atoms with Crippen molar-refractivity contribution >= 4 is 28.6 Å². The molecule has 0 aromatic carbocycles. The van der Waals surface area contributed by atoms with Crippen LogP contribution in [0.5, 0.6) is 0 Å². The van der Waals surface area contributed by atoms with E-state index in [1.807, 2.05) is 6.20 Å². The summed E-state index contributed by atoms with van der Waals surface area (Å²) in [4.78, 5) is 10.4. The first-order chi connectivity index (χ1) is 6.09. The van der Waals surface area contributed by atoms with Crippen LogP contribution in [0, 0.1) is 3.57 Å². The summed E-state index contributed by atoms with van der Waals surface area (Å²) >= 11 is 2.14. The number of carbonyl (C=O) groups is 1. The number of hydrogen-bond acceptors (Lipinski definition) is 3. The van der Waals surface area contributed by atoms with Crippen LogP contribution in [0.25, 0.3) is 0 Å². The molecule has 72 valence electrons. The fourth-order valence-electron chi connectivity index (χ4n) is 0.855. The molecule has 13 heavy (non-hydrogen) atoms. The molecule has 1 heterocycles. The highest BCUT2D eigenvalue weighted by molar-refractivity contribution is 14.1. The van der Waals surface area contributed by atoms with Crippen LogP contribution in [0.4, 0.5) is 0 Å². The molecule has 6 heteroatoms. The molecule has 1 unspecified atom stereocenters. The Labute approximate surface area is 89.1 Å². The summed E-state index contributed by atoms with van der Waals surface area (Å²) in [5.41, 5.74) is 5.33. The number of carboxylic acids is 1. The average molecular weight is 295 g/mol. The number of aryl methyl sites for hydroxylation is 1. The minimum absolute atomic E-state index is 0.396. The van der Waals surface area contributed by atoms with Crippen molar-refractivity contribution < 1.29 is 9.90 Å². The SMILES string of the molecule is NC(CCn1cc(I)cn1)C(=O)O. The molecule has 0 saturated carbocycles. The third-order valence-electron chi connectivity index (χ3n) is 1.59. The maximum Gasteiger partial charge on any atom is 0.320 e. The number of rotatable bonds is 4. The van der Waals surface area contributed by atoms with Gasteiger partial charge in [0.05, 0.1) is 9.77 Å². The molecule has 0 aliphatic heterocycles. The predicted octanol–water partition coefficient (Wildman–Crippen LogP) is 0.290. The molecular formula is C7H10IN3O2. The first kappa shape index (κ1) is 10.5. The summed E-state index contributed by atoms with van der Waals surface area (Å²) in [6.07, 6.45) is 3.95. The van der Waals surface area contributed by atoms with E-state index in [2.05, 4.69) is 27.7 Å². The summed E-state index contributed by atoms with van der Waals surface area (Å²) in [6, 6.07) is -0.804. The predicted molar refractivity (Wildman–Crippen MR) is 55.2 cm³/mol. The summed E-state index contributed by atoms with van der Waals surface area (Å²) in [6.45, 7) is 0.538. The Morgan fingerprint density at radius 2 is 2.54 bits per heavy atom. The van der Waals surface area contributed by atoms with Crippen LogP contribution in [-0.4, -0.2) is 26.9 Å². The smallest absolute Gasteiger partial charge is 0.320 e. The standard InChI is InChI=1S/C7H10IN3O2/c8-5-3-10-11(4-5)2-1-6(9)7(12)13/h3-4,6H,1-2,9H2,(H,12,13). The molecule has 5 nitrogen and oxygen atoms in total. The number of hydrogen-bond donors (Lipinski definition) is 2. The van der Waals surface area contributed by atoms with Gasteiger partial charge in [-0.3, -0.25) is 9.48 Å². The third kappa shape index (κ3) is 3.31. The van der Waals surface area contributed by atoms with Crippen molar-refractivity contribution in [3.05, 3.63) is 16.0 Å². The van der Waals surface area contributed by atoms with E-state index in [9.17, 15) is 4.79 Å². The number of halogens is 1. The molecule has 0 aliphatic carbocycles. The molecule has 1 rings (SSSR count). The van der Waals surface area contributed by atoms with Gasteiger partial charge in [0.25, 0.3) is 0 Å². The fourth-order valence-corrected chi connectivity index (χ4v) is 1.30. The van der Waals surface area contributed by atoms with Gasteiger partial charge in [-0.2, -0.15) is 5.10 Å². The number of nitrogens with zero attached hydrogens (tertiary/aromatic N) is 2. The van der Waals surface area contributed by atoms with Crippen LogP contribution in [0.2, 0.25) is 0 Å². The Balaban J connectivity index is 2.39. The lowest BCUT2D eigenvalue weighted by Gasteiger charge is -2.05. The molecule has 0 aliphatic rings. The molecular weight excluding hydrogens is 285 g/mol. The summed E-state index contributed by atoms with van der Waals surface area (Å²) in [5.74, 6) is -0.971. The van der Waals surface area contributed by atoms with Crippen LogP contribution >= 0.6 is 22.6 Å². The van der Waals surface area contributed by atoms with E-state index in [4.69, 9.17) is 10.8 Å². The van der Waals surface area contributed by atoms with Crippen LogP contribution in [-0.2, 0) is 11.3 Å². The second-order valence-electron chi connectivity index (χ2n) is 2.66. The van der Waals surface area contributed by atoms with Crippen LogP contribution < -0.4 is 5.73 Å². The van der Waals surface area contributed by atoms with Gasteiger partial charge in [0.15, 0.2) is 0 Å². The molecule has 0 radical (unpaired) electrons. The van der Waals surface area contributed by atoms with Crippen LogP contribution in [0.1, 0.15) is 6.42 Å². The van der Waals surface area contributed by atoms with Crippen LogP contribution in [0.3, 0.4) is 0 Å². The third-order valence-corrected chi connectivity index (χ3v) is 2.15. The average Bonchev–Trinajstić information content (AvgIpc) is 2.47. The molecule has 0 fully saturated rings. The first-order valence-corrected chi connectivity index (χ1v) is 4.84. The lowest BCUT2D eigenvalue weighted by Crippen LogP contribution is -2.31. The molecule has 1 aromatic heterocycles. The highest BCUT2D eigenvalue weighted by Crippen LogP contribution is 2.02. The van der Waals surface area contributed by atoms with Gasteiger partial charge >= 0.3 is 5.97 Å². The minimum Gasteiger partial charge on any atom is -0.480 e. The van der Waals surface area contributed by atoms with Crippen molar-refractivity contribution in [3.8, 4) is 0 Å². The number of aliphatic carboxylic acids is 1. The van der Waals surface area contributed by atoms with E-state index < -0.39 is 12.0 Å². The lowest BCUT2D eigenvalue weighted by molar-refractivity contribution is -0.138. The highest BCUT2D eigenvalue weighted by Gasteiger charge is 2.10. The topological polar surface area (TPSA) is 81.1 Å². The van der Waals surface area contributed by atoms with Gasteiger partial charge in [0, 0.05) is 12.7 Å². The van der Waals surface area contributed by atoms with Gasteiger partial charge in [-0.15, -0.1) is 0 Å². The van der Waals surface area contributed by atoms with Gasteiger partial charge < -0.3 is 10.8 Å². The van der Waals surface area contributed by atoms with E-state index in [0.29, 0.717) is 13.0 Å². The van der Waals surface area contributed by atoms with Gasteiger partial charge in [-0.05, 0) is 29.0 Å². The maximum absolute atomic E-state index is 10.4. The lowest BCUT2D eigenvalue weighted by atomic mass is 10.2. The normalized spacial score (nSPS) is 12.8. The zero-order valence-corrected chi connectivity index (χ0v) is 9.01. The molecule has 1 aromatic rings. The second kappa shape index (κ2) is 4.56. The van der Waals surface area contributed by atoms with Gasteiger partial charge in [0.1, 0.15) is 6.04 Å².